The van der Waals surface area contributed by atoms with E-state index in [-0.39, 0.29) is 17.7 Å². The number of Topliss-reactive ketones (excluding diaryl/α,β-unsaturated/α-hetero) is 1. The molecule has 2 saturated carbocycles. The lowest BCUT2D eigenvalue weighted by Crippen LogP contribution is -2.76. The second-order valence-electron chi connectivity index (χ2n) is 13.5. The molecule has 0 aromatic heterocycles. The first-order valence-corrected chi connectivity index (χ1v) is 16.5. The van der Waals surface area contributed by atoms with E-state index < -0.39 is 23.2 Å². The van der Waals surface area contributed by atoms with Gasteiger partial charge in [-0.15, -0.1) is 0 Å². The summed E-state index contributed by atoms with van der Waals surface area (Å²) in [7, 11) is 1.64. The first kappa shape index (κ1) is 30.0. The standard InChI is InChI=1S/C33H45N3O8/c1-41-18-19-42-17-3-2-4-27(38)34-13-15-35(16-14-34)31(39)43-25-8-7-23-20-26-33(40)10-9-24(37)30-32(33,28(23)29(25)44-30)11-12-36(26)21-22-5-6-22/h7-8,22,26,30,40H,2-6,9-21H2,1H3/t26-,30+,32+,33-/m1/s1. The van der Waals surface area contributed by atoms with Crippen molar-refractivity contribution in [1.82, 2.24) is 14.7 Å². The van der Waals surface area contributed by atoms with Crippen molar-refractivity contribution in [3.8, 4) is 11.5 Å². The molecule has 7 rings (SSSR count). The Kier molecular flexibility index (Phi) is 8.09. The van der Waals surface area contributed by atoms with Gasteiger partial charge in [0.2, 0.25) is 5.91 Å². The molecule has 0 radical (unpaired) electrons. The lowest BCUT2D eigenvalue weighted by molar-refractivity contribution is -0.188. The van der Waals surface area contributed by atoms with Gasteiger partial charge in [0, 0.05) is 70.9 Å². The molecule has 3 heterocycles. The normalized spacial score (nSPS) is 30.6. The van der Waals surface area contributed by atoms with Crippen LogP contribution < -0.4 is 9.47 Å². The van der Waals surface area contributed by atoms with Gasteiger partial charge in [0.25, 0.3) is 0 Å². The van der Waals surface area contributed by atoms with Gasteiger partial charge in [-0.2, -0.15) is 0 Å². The Bertz CT molecular complexity index is 1290. The van der Waals surface area contributed by atoms with Gasteiger partial charge in [0.15, 0.2) is 23.4 Å². The summed E-state index contributed by atoms with van der Waals surface area (Å²) in [5.74, 6) is 1.57. The number of aliphatic hydroxyl groups is 1. The zero-order valence-electron chi connectivity index (χ0n) is 25.8. The monoisotopic (exact) mass is 611 g/mol. The maximum Gasteiger partial charge on any atom is 0.415 e. The van der Waals surface area contributed by atoms with E-state index in [4.69, 9.17) is 18.9 Å². The maximum atomic E-state index is 13.3. The third-order valence-corrected chi connectivity index (χ3v) is 11.0. The Labute approximate surface area is 258 Å². The third-order valence-electron chi connectivity index (χ3n) is 11.0. The molecule has 0 unspecified atom stereocenters. The van der Waals surface area contributed by atoms with E-state index in [1.54, 1.807) is 23.0 Å². The average molecular weight is 612 g/mol. The highest BCUT2D eigenvalue weighted by molar-refractivity contribution is 5.90. The molecule has 1 aromatic carbocycles. The van der Waals surface area contributed by atoms with Crippen LogP contribution in [0.15, 0.2) is 12.1 Å². The number of methoxy groups -OCH3 is 1. The maximum absolute atomic E-state index is 13.3. The van der Waals surface area contributed by atoms with Crippen LogP contribution in [0.5, 0.6) is 11.5 Å². The van der Waals surface area contributed by atoms with Crippen molar-refractivity contribution in [3.63, 3.8) is 0 Å². The Morgan fingerprint density at radius 1 is 1.02 bits per heavy atom. The minimum Gasteiger partial charge on any atom is -0.477 e. The minimum atomic E-state index is -1.06. The number of hydrogen-bond acceptors (Lipinski definition) is 9. The van der Waals surface area contributed by atoms with Crippen molar-refractivity contribution in [3.05, 3.63) is 23.3 Å². The van der Waals surface area contributed by atoms with Gasteiger partial charge in [0.05, 0.1) is 24.2 Å². The van der Waals surface area contributed by atoms with Crippen molar-refractivity contribution in [1.29, 1.82) is 0 Å². The molecule has 6 aliphatic rings. The number of ether oxygens (including phenoxy) is 4. The first-order valence-electron chi connectivity index (χ1n) is 16.5. The number of piperidine rings is 1. The molecule has 1 aromatic rings. The van der Waals surface area contributed by atoms with Crippen LogP contribution in [-0.4, -0.2) is 122 Å². The molecule has 1 N–H and O–H groups in total. The molecule has 240 valence electrons. The highest BCUT2D eigenvalue weighted by atomic mass is 16.6. The molecule has 3 aliphatic carbocycles. The van der Waals surface area contributed by atoms with E-state index in [2.05, 4.69) is 4.90 Å². The highest BCUT2D eigenvalue weighted by Crippen LogP contribution is 2.65. The van der Waals surface area contributed by atoms with Crippen LogP contribution in [-0.2, 0) is 30.9 Å². The van der Waals surface area contributed by atoms with Crippen molar-refractivity contribution < 1.29 is 38.4 Å². The fraction of sp³-hybridized carbons (Fsp3) is 0.727. The summed E-state index contributed by atoms with van der Waals surface area (Å²) in [4.78, 5) is 45.2. The molecular weight excluding hydrogens is 566 g/mol. The summed E-state index contributed by atoms with van der Waals surface area (Å²) in [5, 5.41) is 12.5. The van der Waals surface area contributed by atoms with E-state index in [0.29, 0.717) is 95.5 Å². The average Bonchev–Trinajstić information content (AvgIpc) is 3.77. The molecule has 11 heteroatoms. The predicted octanol–water partition coefficient (Wildman–Crippen LogP) is 2.30. The van der Waals surface area contributed by atoms with Crippen molar-refractivity contribution in [2.24, 2.45) is 5.92 Å². The zero-order valence-corrected chi connectivity index (χ0v) is 25.8. The SMILES string of the molecule is COCCOCCCCC(=O)N1CCN(C(=O)Oc2ccc3c4c2O[C@H]2C(=O)CC[C@@]5(O)[C@@H](C3)N(CC3CC3)CC[C@]425)CC1. The van der Waals surface area contributed by atoms with Crippen molar-refractivity contribution >= 4 is 17.8 Å². The lowest BCUT2D eigenvalue weighted by atomic mass is 9.49. The zero-order chi connectivity index (χ0) is 30.5. The van der Waals surface area contributed by atoms with Crippen molar-refractivity contribution in [2.75, 3.05) is 66.2 Å². The second-order valence-corrected chi connectivity index (χ2v) is 13.5. The Balaban J connectivity index is 1.01. The Morgan fingerprint density at radius 2 is 1.82 bits per heavy atom. The number of piperazine rings is 1. The quantitative estimate of drug-likeness (QED) is 0.376. The number of carbonyl (C=O) groups excluding carboxylic acids is 3. The smallest absolute Gasteiger partial charge is 0.415 e. The fourth-order valence-corrected chi connectivity index (χ4v) is 8.51. The van der Waals surface area contributed by atoms with E-state index in [0.717, 1.165) is 37.1 Å². The number of rotatable bonds is 11. The van der Waals surface area contributed by atoms with Gasteiger partial charge in [-0.05, 0) is 69.0 Å². The lowest BCUT2D eigenvalue weighted by Gasteiger charge is -2.62. The number of nitrogens with zero attached hydrogens (tertiary/aromatic N) is 3. The molecule has 3 aliphatic heterocycles. The van der Waals surface area contributed by atoms with Crippen LogP contribution >= 0.6 is 0 Å². The van der Waals surface area contributed by atoms with Gasteiger partial charge in [-0.3, -0.25) is 14.5 Å². The number of carbonyl (C=O) groups is 3. The van der Waals surface area contributed by atoms with Gasteiger partial charge in [-0.1, -0.05) is 6.07 Å². The van der Waals surface area contributed by atoms with Crippen molar-refractivity contribution in [2.45, 2.75) is 80.9 Å². The minimum absolute atomic E-state index is 0.0183. The van der Waals surface area contributed by atoms with Crippen LogP contribution in [0.3, 0.4) is 0 Å². The Hall–Kier alpha value is -2.73. The van der Waals surface area contributed by atoms with Crippen LogP contribution in [0.1, 0.15) is 62.5 Å². The van der Waals surface area contributed by atoms with Crippen LogP contribution in [0, 0.1) is 5.92 Å². The molecule has 2 amide bonds. The molecule has 1 spiro atoms. The van der Waals surface area contributed by atoms with Gasteiger partial charge >= 0.3 is 6.09 Å². The number of likely N-dealkylation sites (tertiary alicyclic amines) is 1. The third kappa shape index (κ3) is 5.00. The van der Waals surface area contributed by atoms with E-state index in [1.165, 1.54) is 12.8 Å². The van der Waals surface area contributed by atoms with Crippen LogP contribution in [0.25, 0.3) is 0 Å². The summed E-state index contributed by atoms with van der Waals surface area (Å²) in [6, 6.07) is 3.74. The largest absolute Gasteiger partial charge is 0.477 e. The highest BCUT2D eigenvalue weighted by Gasteiger charge is 2.73. The molecule has 2 saturated heterocycles. The molecule has 2 bridgehead atoms. The number of benzene rings is 1. The number of unbranched alkanes of at least 4 members (excludes halogenated alkanes) is 1. The molecule has 11 nitrogen and oxygen atoms in total. The second kappa shape index (κ2) is 11.9. The molecule has 4 atom stereocenters. The topological polar surface area (TPSA) is 118 Å². The summed E-state index contributed by atoms with van der Waals surface area (Å²) in [5.41, 5.74) is 0.103. The fourth-order valence-electron chi connectivity index (χ4n) is 8.51. The summed E-state index contributed by atoms with van der Waals surface area (Å²) < 4.78 is 22.8. The Morgan fingerprint density at radius 3 is 2.59 bits per heavy atom. The molecule has 4 fully saturated rings. The first-order chi connectivity index (χ1) is 21.4. The van der Waals surface area contributed by atoms with Crippen LogP contribution in [0.4, 0.5) is 4.79 Å². The number of amides is 2. The molecule has 44 heavy (non-hydrogen) atoms. The summed E-state index contributed by atoms with van der Waals surface area (Å²) in [6.45, 7) is 5.24. The number of ketones is 1. The van der Waals surface area contributed by atoms with Gasteiger partial charge in [-0.25, -0.2) is 4.79 Å². The van der Waals surface area contributed by atoms with E-state index in [1.807, 2.05) is 6.07 Å². The van der Waals surface area contributed by atoms with E-state index >= 15 is 0 Å². The van der Waals surface area contributed by atoms with Crippen LogP contribution in [0.2, 0.25) is 0 Å². The van der Waals surface area contributed by atoms with E-state index in [9.17, 15) is 19.5 Å². The summed E-state index contributed by atoms with van der Waals surface area (Å²) in [6.07, 6.45) is 5.37. The number of hydrogen-bond donors (Lipinski definition) is 1. The molecular formula is C33H45N3O8. The van der Waals surface area contributed by atoms with Gasteiger partial charge < -0.3 is 33.9 Å². The predicted molar refractivity (Wildman–Crippen MR) is 159 cm³/mol. The van der Waals surface area contributed by atoms with Gasteiger partial charge in [0.1, 0.15) is 0 Å². The summed E-state index contributed by atoms with van der Waals surface area (Å²) >= 11 is 0.